The Kier molecular flexibility index (Phi) is 4.81. The summed E-state index contributed by atoms with van der Waals surface area (Å²) in [5, 5.41) is 13.3. The minimum absolute atomic E-state index is 0.204. The lowest BCUT2D eigenvalue weighted by Gasteiger charge is -2.24. The molecular weight excluding hydrogens is 359 g/mol. The molecular formula is C21H21FN4O2. The summed E-state index contributed by atoms with van der Waals surface area (Å²) in [6.45, 7) is 0. The van der Waals surface area contributed by atoms with Crippen LogP contribution in [0, 0.1) is 5.82 Å². The van der Waals surface area contributed by atoms with Gasteiger partial charge in [-0.05, 0) is 48.2 Å². The largest absolute Gasteiger partial charge is 0.478 e. The molecule has 1 aliphatic rings. The minimum atomic E-state index is -1.29. The van der Waals surface area contributed by atoms with Gasteiger partial charge in [0.25, 0.3) is 0 Å². The normalized spacial score (nSPS) is 14.9. The summed E-state index contributed by atoms with van der Waals surface area (Å²) < 4.78 is 14.1. The zero-order chi connectivity index (χ0) is 19.7. The number of fused-ring (bicyclic) bond motifs is 1. The first-order valence-electron chi connectivity index (χ1n) is 9.38. The molecule has 1 aliphatic carbocycles. The van der Waals surface area contributed by atoms with E-state index in [4.69, 9.17) is 10.8 Å². The Bertz CT molecular complexity index is 1050. The smallest absolute Gasteiger partial charge is 0.338 e. The number of aromatic carboxylic acids is 1. The molecule has 0 amide bonds. The standard InChI is InChI=1S/C21H21FN4O2/c22-17-11-13(6-8-15(17)20(27)28)12-7-9-18-16(10-12)19(26-21(23)25-18)24-14-4-2-1-3-5-14/h6-11,14H,1-5H2,(H,27,28)(H3,23,24,25,26). The van der Waals surface area contributed by atoms with Crippen LogP contribution in [0.15, 0.2) is 36.4 Å². The number of nitrogens with two attached hydrogens (primary N) is 1. The van der Waals surface area contributed by atoms with Crippen LogP contribution in [0.4, 0.5) is 16.2 Å². The number of nitrogens with zero attached hydrogens (tertiary/aromatic N) is 2. The molecule has 1 fully saturated rings. The Morgan fingerprint density at radius 1 is 1.07 bits per heavy atom. The molecule has 7 heteroatoms. The SMILES string of the molecule is Nc1nc(NC2CCCCC2)c2cc(-c3ccc(C(=O)O)c(F)c3)ccc2n1. The van der Waals surface area contributed by atoms with Gasteiger partial charge < -0.3 is 16.2 Å². The number of benzene rings is 2. The van der Waals surface area contributed by atoms with E-state index in [-0.39, 0.29) is 11.5 Å². The molecule has 1 heterocycles. The van der Waals surface area contributed by atoms with Crippen LogP contribution in [-0.2, 0) is 0 Å². The van der Waals surface area contributed by atoms with Crippen molar-refractivity contribution < 1.29 is 14.3 Å². The number of halogens is 1. The Labute approximate surface area is 161 Å². The van der Waals surface area contributed by atoms with Crippen LogP contribution in [0.25, 0.3) is 22.0 Å². The predicted molar refractivity (Wildman–Crippen MR) is 107 cm³/mol. The maximum absolute atomic E-state index is 14.1. The molecule has 2 aromatic carbocycles. The van der Waals surface area contributed by atoms with Crippen LogP contribution < -0.4 is 11.1 Å². The van der Waals surface area contributed by atoms with Crippen molar-refractivity contribution in [3.05, 3.63) is 47.8 Å². The third kappa shape index (κ3) is 3.60. The quantitative estimate of drug-likeness (QED) is 0.618. The zero-order valence-electron chi connectivity index (χ0n) is 15.3. The number of hydrogen-bond acceptors (Lipinski definition) is 5. The van der Waals surface area contributed by atoms with Gasteiger partial charge in [0.2, 0.25) is 5.95 Å². The summed E-state index contributed by atoms with van der Waals surface area (Å²) in [6, 6.07) is 9.97. The highest BCUT2D eigenvalue weighted by Gasteiger charge is 2.17. The highest BCUT2D eigenvalue weighted by Crippen LogP contribution is 2.30. The molecule has 0 unspecified atom stereocenters. The van der Waals surface area contributed by atoms with Crippen LogP contribution >= 0.6 is 0 Å². The van der Waals surface area contributed by atoms with Gasteiger partial charge in [-0.1, -0.05) is 31.4 Å². The van der Waals surface area contributed by atoms with Gasteiger partial charge in [-0.15, -0.1) is 0 Å². The number of nitrogens with one attached hydrogen (secondary N) is 1. The summed E-state index contributed by atoms with van der Waals surface area (Å²) in [4.78, 5) is 19.7. The van der Waals surface area contributed by atoms with Gasteiger partial charge in [-0.2, -0.15) is 4.98 Å². The number of hydrogen-bond donors (Lipinski definition) is 3. The first kappa shape index (κ1) is 18.2. The third-order valence-corrected chi connectivity index (χ3v) is 5.19. The van der Waals surface area contributed by atoms with E-state index in [1.54, 1.807) is 6.07 Å². The molecule has 4 N–H and O–H groups in total. The fourth-order valence-corrected chi connectivity index (χ4v) is 3.74. The molecule has 3 aromatic rings. The number of nitrogen functional groups attached to an aromatic ring is 1. The molecule has 1 aromatic heterocycles. The Balaban J connectivity index is 1.75. The molecule has 4 rings (SSSR count). The second kappa shape index (κ2) is 7.42. The zero-order valence-corrected chi connectivity index (χ0v) is 15.3. The van der Waals surface area contributed by atoms with Crippen LogP contribution in [0.5, 0.6) is 0 Å². The molecule has 0 aliphatic heterocycles. The van der Waals surface area contributed by atoms with Crippen LogP contribution in [0.2, 0.25) is 0 Å². The molecule has 144 valence electrons. The number of anilines is 2. The Morgan fingerprint density at radius 3 is 2.50 bits per heavy atom. The maximum Gasteiger partial charge on any atom is 0.338 e. The lowest BCUT2D eigenvalue weighted by molar-refractivity contribution is 0.0692. The second-order valence-corrected chi connectivity index (χ2v) is 7.14. The van der Waals surface area contributed by atoms with Crippen molar-refractivity contribution in [2.75, 3.05) is 11.1 Å². The number of carbonyl (C=O) groups is 1. The summed E-state index contributed by atoms with van der Waals surface area (Å²) >= 11 is 0. The highest BCUT2D eigenvalue weighted by atomic mass is 19.1. The van der Waals surface area contributed by atoms with Gasteiger partial charge in [0.05, 0.1) is 11.1 Å². The number of aromatic nitrogens is 2. The summed E-state index contributed by atoms with van der Waals surface area (Å²) in [5.41, 5.74) is 7.58. The minimum Gasteiger partial charge on any atom is -0.478 e. The van der Waals surface area contributed by atoms with E-state index in [0.29, 0.717) is 22.9 Å². The molecule has 28 heavy (non-hydrogen) atoms. The van der Waals surface area contributed by atoms with Gasteiger partial charge in [-0.3, -0.25) is 0 Å². The maximum atomic E-state index is 14.1. The number of rotatable bonds is 4. The van der Waals surface area contributed by atoms with Crippen molar-refractivity contribution in [3.8, 4) is 11.1 Å². The van der Waals surface area contributed by atoms with Gasteiger partial charge in [0.1, 0.15) is 11.6 Å². The Morgan fingerprint density at radius 2 is 1.79 bits per heavy atom. The summed E-state index contributed by atoms with van der Waals surface area (Å²) in [6.07, 6.45) is 5.82. The molecule has 0 atom stereocenters. The predicted octanol–water partition coefficient (Wildman–Crippen LogP) is 4.46. The topological polar surface area (TPSA) is 101 Å². The lowest BCUT2D eigenvalue weighted by Crippen LogP contribution is -2.23. The average Bonchev–Trinajstić information content (AvgIpc) is 2.68. The molecule has 6 nitrogen and oxygen atoms in total. The molecule has 0 saturated heterocycles. The van der Waals surface area contributed by atoms with Gasteiger partial charge >= 0.3 is 5.97 Å². The molecule has 0 radical (unpaired) electrons. The van der Waals surface area contributed by atoms with Crippen LogP contribution in [0.1, 0.15) is 42.5 Å². The van der Waals surface area contributed by atoms with Crippen molar-refractivity contribution in [1.82, 2.24) is 9.97 Å². The van der Waals surface area contributed by atoms with Crippen molar-refractivity contribution >= 4 is 28.6 Å². The monoisotopic (exact) mass is 380 g/mol. The van der Waals surface area contributed by atoms with E-state index < -0.39 is 11.8 Å². The number of carboxylic acids is 1. The Hall–Kier alpha value is -3.22. The summed E-state index contributed by atoms with van der Waals surface area (Å²) in [7, 11) is 0. The molecule has 0 bridgehead atoms. The first-order valence-corrected chi connectivity index (χ1v) is 9.38. The van der Waals surface area contributed by atoms with E-state index in [1.807, 2.05) is 18.2 Å². The van der Waals surface area contributed by atoms with Crippen LogP contribution in [0.3, 0.4) is 0 Å². The molecule has 1 saturated carbocycles. The van der Waals surface area contributed by atoms with E-state index in [9.17, 15) is 9.18 Å². The van der Waals surface area contributed by atoms with Crippen molar-refractivity contribution in [1.29, 1.82) is 0 Å². The molecule has 0 spiro atoms. The second-order valence-electron chi connectivity index (χ2n) is 7.14. The van der Waals surface area contributed by atoms with E-state index in [1.165, 1.54) is 31.4 Å². The van der Waals surface area contributed by atoms with Crippen LogP contribution in [-0.4, -0.2) is 27.1 Å². The van der Waals surface area contributed by atoms with Crippen molar-refractivity contribution in [2.45, 2.75) is 38.1 Å². The summed E-state index contributed by atoms with van der Waals surface area (Å²) in [5.74, 6) is -1.17. The average molecular weight is 380 g/mol. The first-order chi connectivity index (χ1) is 13.5. The van der Waals surface area contributed by atoms with Gasteiger partial charge in [0.15, 0.2) is 0 Å². The number of carboxylic acid groups (broad SMARTS) is 1. The fourth-order valence-electron chi connectivity index (χ4n) is 3.74. The lowest BCUT2D eigenvalue weighted by atomic mass is 9.95. The van der Waals surface area contributed by atoms with Crippen molar-refractivity contribution in [2.24, 2.45) is 0 Å². The van der Waals surface area contributed by atoms with E-state index in [0.717, 1.165) is 23.8 Å². The van der Waals surface area contributed by atoms with Gasteiger partial charge in [-0.25, -0.2) is 14.2 Å². The third-order valence-electron chi connectivity index (χ3n) is 5.19. The highest BCUT2D eigenvalue weighted by molar-refractivity contribution is 5.94. The van der Waals surface area contributed by atoms with Crippen molar-refractivity contribution in [3.63, 3.8) is 0 Å². The van der Waals surface area contributed by atoms with Gasteiger partial charge in [0, 0.05) is 11.4 Å². The fraction of sp³-hybridized carbons (Fsp3) is 0.286. The van der Waals surface area contributed by atoms with E-state index >= 15 is 0 Å². The van der Waals surface area contributed by atoms with E-state index in [2.05, 4.69) is 15.3 Å².